The van der Waals surface area contributed by atoms with Crippen LogP contribution in [-0.4, -0.2) is 20.6 Å². The summed E-state index contributed by atoms with van der Waals surface area (Å²) in [6.07, 6.45) is 0. The number of hydrogen-bond donors (Lipinski definition) is 1. The molecule has 0 saturated carbocycles. The first-order valence-electron chi connectivity index (χ1n) is 9.99. The van der Waals surface area contributed by atoms with Crippen molar-refractivity contribution in [1.29, 1.82) is 0 Å². The van der Waals surface area contributed by atoms with Crippen LogP contribution in [0.5, 0.6) is 0 Å². The summed E-state index contributed by atoms with van der Waals surface area (Å²) in [5, 5.41) is 6.84. The molecule has 0 aliphatic rings. The van der Waals surface area contributed by atoms with Gasteiger partial charge in [-0.15, -0.1) is 0 Å². The summed E-state index contributed by atoms with van der Waals surface area (Å²) < 4.78 is 7.75. The van der Waals surface area contributed by atoms with Crippen molar-refractivity contribution in [1.82, 2.24) is 14.7 Å². The minimum absolute atomic E-state index is 0.130. The zero-order valence-electron chi connectivity index (χ0n) is 17.8. The normalized spacial score (nSPS) is 10.9. The van der Waals surface area contributed by atoms with Crippen molar-refractivity contribution in [3.63, 3.8) is 0 Å². The van der Waals surface area contributed by atoms with E-state index in [4.69, 9.17) is 4.52 Å². The Hall–Kier alpha value is -3.52. The molecule has 162 valence electrons. The molecule has 1 amide bonds. The smallest absolute Gasteiger partial charge is 0.264 e. The number of aromatic nitrogens is 3. The van der Waals surface area contributed by atoms with E-state index >= 15 is 0 Å². The average molecular weight is 493 g/mol. The highest BCUT2D eigenvalue weighted by Gasteiger charge is 2.20. The maximum atomic E-state index is 13.3. The summed E-state index contributed by atoms with van der Waals surface area (Å²) >= 11 is 3.36. The Morgan fingerprint density at radius 1 is 1.06 bits per heavy atom. The fraction of sp³-hybridized carbons (Fsp3) is 0.167. The molecule has 1 N–H and O–H groups in total. The molecule has 2 aromatic heterocycles. The van der Waals surface area contributed by atoms with E-state index in [0.717, 1.165) is 15.6 Å². The quantitative estimate of drug-likeness (QED) is 0.428. The largest absolute Gasteiger partial charge is 0.333 e. The van der Waals surface area contributed by atoms with Gasteiger partial charge in [-0.2, -0.15) is 4.98 Å². The number of aryl methyl sites for hydroxylation is 3. The Kier molecular flexibility index (Phi) is 6.05. The van der Waals surface area contributed by atoms with E-state index in [1.54, 1.807) is 19.1 Å². The van der Waals surface area contributed by atoms with Crippen molar-refractivity contribution in [3.05, 3.63) is 86.2 Å². The van der Waals surface area contributed by atoms with Gasteiger partial charge in [0.25, 0.3) is 11.4 Å². The van der Waals surface area contributed by atoms with Gasteiger partial charge in [0.15, 0.2) is 0 Å². The van der Waals surface area contributed by atoms with Crippen LogP contribution in [0.2, 0.25) is 0 Å². The number of benzene rings is 2. The number of halogens is 1. The molecule has 32 heavy (non-hydrogen) atoms. The molecule has 2 heterocycles. The standard InChI is InChI=1S/C24H21BrN4O3/c1-14-4-6-17(7-5-14)22-27-23(32-28-22)21-15(2)12-16(3)29(24(21)31)13-20(30)26-19-10-8-18(25)9-11-19/h4-12H,13H2,1-3H3,(H,26,30). The minimum atomic E-state index is -0.354. The number of amides is 1. The van der Waals surface area contributed by atoms with Crippen LogP contribution in [0.3, 0.4) is 0 Å². The first-order valence-corrected chi connectivity index (χ1v) is 10.8. The lowest BCUT2D eigenvalue weighted by Gasteiger charge is -2.13. The lowest BCUT2D eigenvalue weighted by Crippen LogP contribution is -2.30. The molecule has 7 nitrogen and oxygen atoms in total. The van der Waals surface area contributed by atoms with E-state index in [2.05, 4.69) is 31.4 Å². The predicted molar refractivity (Wildman–Crippen MR) is 126 cm³/mol. The van der Waals surface area contributed by atoms with Gasteiger partial charge in [0, 0.05) is 21.4 Å². The molecule has 2 aromatic carbocycles. The van der Waals surface area contributed by atoms with E-state index in [1.807, 2.05) is 56.3 Å². The number of anilines is 1. The monoisotopic (exact) mass is 492 g/mol. The fourth-order valence-electron chi connectivity index (χ4n) is 3.41. The maximum Gasteiger partial charge on any atom is 0.264 e. The molecule has 0 aliphatic carbocycles. The van der Waals surface area contributed by atoms with Gasteiger partial charge in [-0.1, -0.05) is 50.9 Å². The number of pyridine rings is 1. The van der Waals surface area contributed by atoms with Crippen LogP contribution in [-0.2, 0) is 11.3 Å². The van der Waals surface area contributed by atoms with Gasteiger partial charge in [-0.05, 0) is 56.7 Å². The molecule has 0 atom stereocenters. The predicted octanol–water partition coefficient (Wildman–Crippen LogP) is 4.89. The number of carbonyl (C=O) groups excluding carboxylic acids is 1. The molecule has 0 spiro atoms. The van der Waals surface area contributed by atoms with E-state index < -0.39 is 0 Å². The van der Waals surface area contributed by atoms with Crippen molar-refractivity contribution in [2.75, 3.05) is 5.32 Å². The van der Waals surface area contributed by atoms with Crippen molar-refractivity contribution >= 4 is 27.5 Å². The van der Waals surface area contributed by atoms with Crippen molar-refractivity contribution in [2.45, 2.75) is 27.3 Å². The number of hydrogen-bond acceptors (Lipinski definition) is 5. The van der Waals surface area contributed by atoms with E-state index in [1.165, 1.54) is 4.57 Å². The third kappa shape index (κ3) is 4.55. The molecule has 0 unspecified atom stereocenters. The third-order valence-corrected chi connectivity index (χ3v) is 5.61. The average Bonchev–Trinajstić information content (AvgIpc) is 3.23. The number of nitrogens with one attached hydrogen (secondary N) is 1. The summed E-state index contributed by atoms with van der Waals surface area (Å²) in [7, 11) is 0. The molecule has 0 fully saturated rings. The maximum absolute atomic E-state index is 13.3. The lowest BCUT2D eigenvalue weighted by molar-refractivity contribution is -0.116. The van der Waals surface area contributed by atoms with E-state index in [-0.39, 0.29) is 29.5 Å². The van der Waals surface area contributed by atoms with Crippen LogP contribution >= 0.6 is 15.9 Å². The Balaban J connectivity index is 1.64. The van der Waals surface area contributed by atoms with Crippen LogP contribution in [0, 0.1) is 20.8 Å². The van der Waals surface area contributed by atoms with Crippen LogP contribution in [0.15, 0.2) is 68.4 Å². The zero-order valence-corrected chi connectivity index (χ0v) is 19.4. The first-order chi connectivity index (χ1) is 15.3. The Morgan fingerprint density at radius 2 is 1.75 bits per heavy atom. The highest BCUT2D eigenvalue weighted by molar-refractivity contribution is 9.10. The summed E-state index contributed by atoms with van der Waals surface area (Å²) in [6, 6.07) is 16.8. The molecule has 0 radical (unpaired) electrons. The van der Waals surface area contributed by atoms with E-state index in [9.17, 15) is 9.59 Å². The summed E-state index contributed by atoms with van der Waals surface area (Å²) in [4.78, 5) is 30.3. The second-order valence-corrected chi connectivity index (χ2v) is 8.49. The minimum Gasteiger partial charge on any atom is -0.333 e. The summed E-state index contributed by atoms with van der Waals surface area (Å²) in [5.74, 6) is 0.224. The highest BCUT2D eigenvalue weighted by atomic mass is 79.9. The van der Waals surface area contributed by atoms with Gasteiger partial charge in [0.2, 0.25) is 11.7 Å². The van der Waals surface area contributed by atoms with Crippen LogP contribution < -0.4 is 10.9 Å². The van der Waals surface area contributed by atoms with E-state index in [0.29, 0.717) is 22.8 Å². The van der Waals surface area contributed by atoms with Gasteiger partial charge < -0.3 is 14.4 Å². The Labute approximate surface area is 193 Å². The van der Waals surface area contributed by atoms with Crippen molar-refractivity contribution < 1.29 is 9.32 Å². The number of carbonyl (C=O) groups is 1. The number of rotatable bonds is 5. The summed E-state index contributed by atoms with van der Waals surface area (Å²) in [6.45, 7) is 5.46. The van der Waals surface area contributed by atoms with Crippen molar-refractivity contribution in [3.8, 4) is 22.8 Å². The highest BCUT2D eigenvalue weighted by Crippen LogP contribution is 2.23. The third-order valence-electron chi connectivity index (χ3n) is 5.08. The molecular formula is C24H21BrN4O3. The topological polar surface area (TPSA) is 90.0 Å². The van der Waals surface area contributed by atoms with Crippen LogP contribution in [0.4, 0.5) is 5.69 Å². The lowest BCUT2D eigenvalue weighted by atomic mass is 10.1. The van der Waals surface area contributed by atoms with Gasteiger partial charge >= 0.3 is 0 Å². The number of nitrogens with zero attached hydrogens (tertiary/aromatic N) is 3. The summed E-state index contributed by atoms with van der Waals surface area (Å²) in [5.41, 5.74) is 3.87. The van der Waals surface area contributed by atoms with Gasteiger partial charge in [-0.25, -0.2) is 0 Å². The van der Waals surface area contributed by atoms with Crippen molar-refractivity contribution in [2.24, 2.45) is 0 Å². The molecule has 4 rings (SSSR count). The molecule has 8 heteroatoms. The van der Waals surface area contributed by atoms with Gasteiger partial charge in [0.1, 0.15) is 12.1 Å². The fourth-order valence-corrected chi connectivity index (χ4v) is 3.67. The first kappa shape index (κ1) is 21.7. The Morgan fingerprint density at radius 3 is 2.44 bits per heavy atom. The molecule has 4 aromatic rings. The van der Waals surface area contributed by atoms with Crippen LogP contribution in [0.25, 0.3) is 22.8 Å². The molecular weight excluding hydrogens is 472 g/mol. The SMILES string of the molecule is Cc1ccc(-c2noc(-c3c(C)cc(C)n(CC(=O)Nc4ccc(Br)cc4)c3=O)n2)cc1. The zero-order chi connectivity index (χ0) is 22.8. The molecule has 0 bridgehead atoms. The second-order valence-electron chi connectivity index (χ2n) is 7.58. The Bertz CT molecular complexity index is 1340. The van der Waals surface area contributed by atoms with Crippen LogP contribution in [0.1, 0.15) is 16.8 Å². The van der Waals surface area contributed by atoms with Gasteiger partial charge in [-0.3, -0.25) is 9.59 Å². The second kappa shape index (κ2) is 8.92. The van der Waals surface area contributed by atoms with Gasteiger partial charge in [0.05, 0.1) is 0 Å². The molecule has 0 aliphatic heterocycles. The molecule has 0 saturated heterocycles.